The number of carbonyl (C=O) groups is 2. The van der Waals surface area contributed by atoms with Crippen LogP contribution in [0.25, 0.3) is 0 Å². The SMILES string of the molecule is Cc1cc2c(cc1C)OC(C(=O)NC(C)CC(=O)O)C2. The van der Waals surface area contributed by atoms with Crippen LogP contribution in [0.3, 0.4) is 0 Å². The van der Waals surface area contributed by atoms with E-state index in [0.29, 0.717) is 6.42 Å². The van der Waals surface area contributed by atoms with Gasteiger partial charge in [-0.15, -0.1) is 0 Å². The molecule has 1 aliphatic rings. The van der Waals surface area contributed by atoms with Gasteiger partial charge in [0.15, 0.2) is 6.10 Å². The number of fused-ring (bicyclic) bond motifs is 1. The third kappa shape index (κ3) is 3.10. The molecule has 1 aromatic rings. The van der Waals surface area contributed by atoms with Crippen LogP contribution < -0.4 is 10.1 Å². The van der Waals surface area contributed by atoms with Crippen molar-refractivity contribution in [1.82, 2.24) is 5.32 Å². The first-order chi connectivity index (χ1) is 9.36. The number of aryl methyl sites for hydroxylation is 2. The lowest BCUT2D eigenvalue weighted by Crippen LogP contribution is -2.42. The molecule has 1 heterocycles. The van der Waals surface area contributed by atoms with Crippen molar-refractivity contribution in [1.29, 1.82) is 0 Å². The highest BCUT2D eigenvalue weighted by Crippen LogP contribution is 2.31. The predicted octanol–water partition coefficient (Wildman–Crippen LogP) is 1.59. The van der Waals surface area contributed by atoms with Crippen LogP contribution in [0.4, 0.5) is 0 Å². The van der Waals surface area contributed by atoms with Gasteiger partial charge in [-0.1, -0.05) is 6.07 Å². The number of benzene rings is 1. The minimum absolute atomic E-state index is 0.0936. The van der Waals surface area contributed by atoms with E-state index in [-0.39, 0.29) is 12.3 Å². The Hall–Kier alpha value is -2.04. The molecule has 0 spiro atoms. The summed E-state index contributed by atoms with van der Waals surface area (Å²) in [5.41, 5.74) is 3.33. The molecule has 108 valence electrons. The van der Waals surface area contributed by atoms with Gasteiger partial charge in [0.2, 0.25) is 0 Å². The van der Waals surface area contributed by atoms with Crippen molar-refractivity contribution in [3.8, 4) is 5.75 Å². The summed E-state index contributed by atoms with van der Waals surface area (Å²) >= 11 is 0. The van der Waals surface area contributed by atoms with Crippen LogP contribution in [-0.4, -0.2) is 29.1 Å². The molecule has 5 nitrogen and oxygen atoms in total. The fourth-order valence-corrected chi connectivity index (χ4v) is 2.31. The second-order valence-corrected chi connectivity index (χ2v) is 5.36. The Bertz CT molecular complexity index is 522. The van der Waals surface area contributed by atoms with E-state index in [0.717, 1.165) is 16.9 Å². The summed E-state index contributed by atoms with van der Waals surface area (Å²) in [5.74, 6) is -0.441. The van der Waals surface area contributed by atoms with Crippen LogP contribution in [0.2, 0.25) is 0 Å². The van der Waals surface area contributed by atoms with E-state index in [1.54, 1.807) is 6.92 Å². The number of hydrogen-bond acceptors (Lipinski definition) is 3. The molecule has 0 aromatic heterocycles. The summed E-state index contributed by atoms with van der Waals surface area (Å²) in [6, 6.07) is 3.58. The number of hydrogen-bond donors (Lipinski definition) is 2. The Balaban J connectivity index is 2.00. The van der Waals surface area contributed by atoms with Crippen LogP contribution in [0.5, 0.6) is 5.75 Å². The molecule has 1 aromatic carbocycles. The predicted molar refractivity (Wildman–Crippen MR) is 73.9 cm³/mol. The fraction of sp³-hybridized carbons (Fsp3) is 0.467. The van der Waals surface area contributed by atoms with Crippen molar-refractivity contribution in [2.75, 3.05) is 0 Å². The summed E-state index contributed by atoms with van der Waals surface area (Å²) in [4.78, 5) is 22.6. The number of ether oxygens (including phenoxy) is 1. The molecule has 0 saturated heterocycles. The monoisotopic (exact) mass is 277 g/mol. The maximum Gasteiger partial charge on any atom is 0.305 e. The molecular weight excluding hydrogens is 258 g/mol. The maximum absolute atomic E-state index is 12.0. The summed E-state index contributed by atoms with van der Waals surface area (Å²) in [6.07, 6.45) is -0.131. The molecule has 2 rings (SSSR count). The summed E-state index contributed by atoms with van der Waals surface area (Å²) in [6.45, 7) is 5.70. The Morgan fingerprint density at radius 1 is 1.40 bits per heavy atom. The van der Waals surface area contributed by atoms with E-state index < -0.39 is 18.1 Å². The van der Waals surface area contributed by atoms with Gasteiger partial charge in [0, 0.05) is 12.5 Å². The third-order valence-corrected chi connectivity index (χ3v) is 3.51. The van der Waals surface area contributed by atoms with Gasteiger partial charge < -0.3 is 15.2 Å². The molecule has 0 saturated carbocycles. The number of carboxylic acids is 1. The van der Waals surface area contributed by atoms with Gasteiger partial charge in [-0.2, -0.15) is 0 Å². The van der Waals surface area contributed by atoms with Gasteiger partial charge in [-0.25, -0.2) is 0 Å². The van der Waals surface area contributed by atoms with Crippen LogP contribution in [0.15, 0.2) is 12.1 Å². The number of carboxylic acid groups (broad SMARTS) is 1. The zero-order chi connectivity index (χ0) is 14.9. The van der Waals surface area contributed by atoms with E-state index >= 15 is 0 Å². The highest BCUT2D eigenvalue weighted by atomic mass is 16.5. The van der Waals surface area contributed by atoms with Gasteiger partial charge in [0.1, 0.15) is 5.75 Å². The smallest absolute Gasteiger partial charge is 0.305 e. The lowest BCUT2D eigenvalue weighted by molar-refractivity contribution is -0.137. The number of rotatable bonds is 4. The van der Waals surface area contributed by atoms with Crippen molar-refractivity contribution in [2.24, 2.45) is 0 Å². The first-order valence-electron chi connectivity index (χ1n) is 6.65. The van der Waals surface area contributed by atoms with Gasteiger partial charge >= 0.3 is 5.97 Å². The molecule has 0 radical (unpaired) electrons. The molecule has 2 N–H and O–H groups in total. The number of amides is 1. The molecule has 1 amide bonds. The van der Waals surface area contributed by atoms with Gasteiger partial charge in [0.05, 0.1) is 6.42 Å². The Morgan fingerprint density at radius 3 is 2.70 bits per heavy atom. The van der Waals surface area contributed by atoms with Crippen molar-refractivity contribution < 1.29 is 19.4 Å². The average molecular weight is 277 g/mol. The second kappa shape index (κ2) is 5.53. The normalized spacial score (nSPS) is 18.1. The minimum atomic E-state index is -0.931. The molecule has 0 fully saturated rings. The van der Waals surface area contributed by atoms with Crippen molar-refractivity contribution in [2.45, 2.75) is 45.8 Å². The van der Waals surface area contributed by atoms with Crippen LogP contribution in [0, 0.1) is 13.8 Å². The van der Waals surface area contributed by atoms with Gasteiger partial charge in [-0.3, -0.25) is 9.59 Å². The van der Waals surface area contributed by atoms with E-state index in [2.05, 4.69) is 5.32 Å². The lowest BCUT2D eigenvalue weighted by atomic mass is 10.0. The third-order valence-electron chi connectivity index (χ3n) is 3.51. The highest BCUT2D eigenvalue weighted by molar-refractivity contribution is 5.83. The topological polar surface area (TPSA) is 75.6 Å². The first kappa shape index (κ1) is 14.4. The summed E-state index contributed by atoms with van der Waals surface area (Å²) in [5, 5.41) is 11.4. The standard InChI is InChI=1S/C15H19NO4/c1-8-4-11-7-13(20-12(11)5-9(8)2)15(19)16-10(3)6-14(17)18/h4-5,10,13H,6-7H2,1-3H3,(H,16,19)(H,17,18). The lowest BCUT2D eigenvalue weighted by Gasteiger charge is -2.15. The highest BCUT2D eigenvalue weighted by Gasteiger charge is 2.30. The van der Waals surface area contributed by atoms with Crippen molar-refractivity contribution in [3.63, 3.8) is 0 Å². The fourth-order valence-electron chi connectivity index (χ4n) is 2.31. The van der Waals surface area contributed by atoms with Gasteiger partial charge in [-0.05, 0) is 43.5 Å². The van der Waals surface area contributed by atoms with E-state index in [9.17, 15) is 9.59 Å². The number of aliphatic carboxylic acids is 1. The van der Waals surface area contributed by atoms with E-state index in [1.807, 2.05) is 26.0 Å². The average Bonchev–Trinajstić information content (AvgIpc) is 2.71. The number of carbonyl (C=O) groups excluding carboxylic acids is 1. The Kier molecular flexibility index (Phi) is 3.97. The quantitative estimate of drug-likeness (QED) is 0.876. The molecule has 5 heteroatoms. The molecule has 0 bridgehead atoms. The van der Waals surface area contributed by atoms with Crippen molar-refractivity contribution >= 4 is 11.9 Å². The Morgan fingerprint density at radius 2 is 2.05 bits per heavy atom. The van der Waals surface area contributed by atoms with Crippen LogP contribution in [-0.2, 0) is 16.0 Å². The minimum Gasteiger partial charge on any atom is -0.481 e. The molecule has 1 aliphatic heterocycles. The second-order valence-electron chi connectivity index (χ2n) is 5.36. The van der Waals surface area contributed by atoms with Crippen LogP contribution in [0.1, 0.15) is 30.0 Å². The largest absolute Gasteiger partial charge is 0.481 e. The molecule has 2 atom stereocenters. The first-order valence-corrected chi connectivity index (χ1v) is 6.65. The van der Waals surface area contributed by atoms with E-state index in [4.69, 9.17) is 9.84 Å². The Labute approximate surface area is 117 Å². The number of nitrogens with one attached hydrogen (secondary N) is 1. The van der Waals surface area contributed by atoms with Crippen LogP contribution >= 0.6 is 0 Å². The zero-order valence-corrected chi connectivity index (χ0v) is 11.9. The zero-order valence-electron chi connectivity index (χ0n) is 11.9. The van der Waals surface area contributed by atoms with Crippen molar-refractivity contribution in [3.05, 3.63) is 28.8 Å². The molecule has 2 unspecified atom stereocenters. The van der Waals surface area contributed by atoms with E-state index in [1.165, 1.54) is 5.56 Å². The maximum atomic E-state index is 12.0. The van der Waals surface area contributed by atoms with Gasteiger partial charge in [0.25, 0.3) is 5.91 Å². The molecule has 20 heavy (non-hydrogen) atoms. The molecule has 0 aliphatic carbocycles. The summed E-state index contributed by atoms with van der Waals surface area (Å²) < 4.78 is 5.65. The summed E-state index contributed by atoms with van der Waals surface area (Å²) in [7, 11) is 0. The molecular formula is C15H19NO4.